The van der Waals surface area contributed by atoms with Gasteiger partial charge in [-0.05, 0) is 30.3 Å². The maximum Gasteiger partial charge on any atom is 0.262 e. The number of hydrogen-bond acceptors (Lipinski definition) is 5. The topological polar surface area (TPSA) is 72.3 Å². The smallest absolute Gasteiger partial charge is 0.262 e. The SMILES string of the molecule is C=CCn1c(SCCN2C(=O)c3ccccc3C2=O)nc2ccc(Cl)cc2c1=O. The van der Waals surface area contributed by atoms with Gasteiger partial charge in [-0.1, -0.05) is 41.6 Å². The summed E-state index contributed by atoms with van der Waals surface area (Å²) in [7, 11) is 0. The zero-order chi connectivity index (χ0) is 20.5. The second kappa shape index (κ2) is 7.85. The van der Waals surface area contributed by atoms with Gasteiger partial charge in [0.05, 0.1) is 22.0 Å². The van der Waals surface area contributed by atoms with Crippen LogP contribution in [-0.2, 0) is 6.54 Å². The van der Waals surface area contributed by atoms with Gasteiger partial charge in [-0.25, -0.2) is 4.98 Å². The molecule has 29 heavy (non-hydrogen) atoms. The van der Waals surface area contributed by atoms with E-state index in [2.05, 4.69) is 11.6 Å². The minimum absolute atomic E-state index is 0.208. The van der Waals surface area contributed by atoms with E-state index in [9.17, 15) is 14.4 Å². The third kappa shape index (κ3) is 3.47. The molecule has 0 unspecified atom stereocenters. The van der Waals surface area contributed by atoms with E-state index in [4.69, 9.17) is 11.6 Å². The molecule has 0 saturated carbocycles. The van der Waals surface area contributed by atoms with Crippen LogP contribution in [0.3, 0.4) is 0 Å². The number of benzene rings is 2. The monoisotopic (exact) mass is 425 g/mol. The average molecular weight is 426 g/mol. The predicted octanol–water partition coefficient (Wildman–Crippen LogP) is 3.62. The molecule has 0 N–H and O–H groups in total. The number of amides is 2. The lowest BCUT2D eigenvalue weighted by Gasteiger charge is -2.15. The number of fused-ring (bicyclic) bond motifs is 2. The number of hydrogen-bond donors (Lipinski definition) is 0. The maximum absolute atomic E-state index is 12.8. The van der Waals surface area contributed by atoms with Gasteiger partial charge in [-0.3, -0.25) is 23.9 Å². The van der Waals surface area contributed by atoms with Crippen molar-refractivity contribution < 1.29 is 9.59 Å². The van der Waals surface area contributed by atoms with Gasteiger partial charge in [0, 0.05) is 23.9 Å². The van der Waals surface area contributed by atoms with E-state index in [0.717, 1.165) is 0 Å². The fourth-order valence-electron chi connectivity index (χ4n) is 3.24. The Balaban J connectivity index is 1.57. The zero-order valence-corrected chi connectivity index (χ0v) is 16.9. The Kier molecular flexibility index (Phi) is 5.25. The van der Waals surface area contributed by atoms with Crippen molar-refractivity contribution in [2.24, 2.45) is 0 Å². The maximum atomic E-state index is 12.8. The molecule has 0 bridgehead atoms. The fourth-order valence-corrected chi connectivity index (χ4v) is 4.35. The first-order valence-electron chi connectivity index (χ1n) is 8.90. The van der Waals surface area contributed by atoms with Crippen LogP contribution in [0.15, 0.2) is 65.1 Å². The van der Waals surface area contributed by atoms with E-state index in [1.54, 1.807) is 48.5 Å². The van der Waals surface area contributed by atoms with Gasteiger partial charge in [-0.15, -0.1) is 6.58 Å². The van der Waals surface area contributed by atoms with Crippen molar-refractivity contribution in [1.82, 2.24) is 14.5 Å². The number of rotatable bonds is 6. The first-order valence-corrected chi connectivity index (χ1v) is 10.3. The van der Waals surface area contributed by atoms with E-state index in [1.165, 1.54) is 21.2 Å². The molecule has 3 aromatic rings. The minimum atomic E-state index is -0.296. The summed E-state index contributed by atoms with van der Waals surface area (Å²) in [5.74, 6) is -0.180. The lowest BCUT2D eigenvalue weighted by atomic mass is 10.1. The molecule has 0 atom stereocenters. The number of nitrogens with zero attached hydrogens (tertiary/aromatic N) is 3. The molecule has 1 aromatic heterocycles. The Morgan fingerprint density at radius 2 is 1.76 bits per heavy atom. The summed E-state index contributed by atoms with van der Waals surface area (Å²) < 4.78 is 1.51. The summed E-state index contributed by atoms with van der Waals surface area (Å²) >= 11 is 7.33. The van der Waals surface area contributed by atoms with E-state index in [1.807, 2.05) is 0 Å². The van der Waals surface area contributed by atoms with E-state index in [-0.39, 0.29) is 23.9 Å². The molecule has 2 amide bonds. The van der Waals surface area contributed by atoms with Gasteiger partial charge in [0.25, 0.3) is 17.4 Å². The Morgan fingerprint density at radius 3 is 2.41 bits per heavy atom. The molecule has 1 aliphatic rings. The van der Waals surface area contributed by atoms with Crippen molar-refractivity contribution in [3.8, 4) is 0 Å². The molecular weight excluding hydrogens is 410 g/mol. The van der Waals surface area contributed by atoms with Crippen LogP contribution in [0, 0.1) is 0 Å². The van der Waals surface area contributed by atoms with Crippen molar-refractivity contribution in [1.29, 1.82) is 0 Å². The second-order valence-corrected chi connectivity index (χ2v) is 7.91. The highest BCUT2D eigenvalue weighted by Crippen LogP contribution is 2.24. The molecule has 4 rings (SSSR count). The highest BCUT2D eigenvalue weighted by atomic mass is 35.5. The van der Waals surface area contributed by atoms with Gasteiger partial charge in [0.1, 0.15) is 0 Å². The first kappa shape index (κ1) is 19.4. The second-order valence-electron chi connectivity index (χ2n) is 6.42. The van der Waals surface area contributed by atoms with Crippen LogP contribution in [0.4, 0.5) is 0 Å². The molecule has 146 valence electrons. The number of thioether (sulfide) groups is 1. The number of carbonyl (C=O) groups is 2. The number of halogens is 1. The largest absolute Gasteiger partial charge is 0.283 e. The van der Waals surface area contributed by atoms with E-state index >= 15 is 0 Å². The summed E-state index contributed by atoms with van der Waals surface area (Å²) in [4.78, 5) is 43.6. The third-order valence-electron chi connectivity index (χ3n) is 4.62. The van der Waals surface area contributed by atoms with Crippen molar-refractivity contribution in [3.05, 3.63) is 81.6 Å². The highest BCUT2D eigenvalue weighted by Gasteiger charge is 2.34. The van der Waals surface area contributed by atoms with Crippen LogP contribution >= 0.6 is 23.4 Å². The molecule has 2 aromatic carbocycles. The van der Waals surface area contributed by atoms with E-state index in [0.29, 0.717) is 44.5 Å². The zero-order valence-electron chi connectivity index (χ0n) is 15.3. The van der Waals surface area contributed by atoms with E-state index < -0.39 is 0 Å². The molecule has 0 fully saturated rings. The lowest BCUT2D eigenvalue weighted by Crippen LogP contribution is -2.32. The highest BCUT2D eigenvalue weighted by molar-refractivity contribution is 7.99. The standard InChI is InChI=1S/C21H16ClN3O3S/c1-2-9-25-20(28)16-12-13(22)7-8-17(16)23-21(25)29-11-10-24-18(26)14-5-3-4-6-15(14)19(24)27/h2-8,12H,1,9-11H2. The van der Waals surface area contributed by atoms with Crippen LogP contribution in [0.5, 0.6) is 0 Å². The fraction of sp³-hybridized carbons (Fsp3) is 0.143. The number of imide groups is 1. The molecule has 2 heterocycles. The molecule has 0 radical (unpaired) electrons. The van der Waals surface area contributed by atoms with Crippen LogP contribution in [0.2, 0.25) is 5.02 Å². The van der Waals surface area contributed by atoms with Gasteiger partial charge in [-0.2, -0.15) is 0 Å². The average Bonchev–Trinajstić information content (AvgIpc) is 2.96. The van der Waals surface area contributed by atoms with Gasteiger partial charge < -0.3 is 0 Å². The van der Waals surface area contributed by atoms with Crippen molar-refractivity contribution in [2.75, 3.05) is 12.3 Å². The van der Waals surface area contributed by atoms with Crippen molar-refractivity contribution in [2.45, 2.75) is 11.7 Å². The van der Waals surface area contributed by atoms with Crippen LogP contribution in [-0.4, -0.2) is 38.6 Å². The Labute approximate surface area is 175 Å². The molecular formula is C21H16ClN3O3S. The third-order valence-corrected chi connectivity index (χ3v) is 5.81. The number of allylic oxidation sites excluding steroid dienone is 1. The molecule has 8 heteroatoms. The first-order chi connectivity index (χ1) is 14.0. The molecule has 0 spiro atoms. The summed E-state index contributed by atoms with van der Waals surface area (Å²) in [6, 6.07) is 11.8. The van der Waals surface area contributed by atoms with Gasteiger partial charge >= 0.3 is 0 Å². The van der Waals surface area contributed by atoms with Crippen molar-refractivity contribution in [3.63, 3.8) is 0 Å². The Morgan fingerprint density at radius 1 is 1.07 bits per heavy atom. The number of aromatic nitrogens is 2. The number of carbonyl (C=O) groups excluding carboxylic acids is 2. The summed E-state index contributed by atoms with van der Waals surface area (Å²) in [6.45, 7) is 4.22. The molecule has 1 aliphatic heterocycles. The predicted molar refractivity (Wildman–Crippen MR) is 114 cm³/mol. The van der Waals surface area contributed by atoms with Crippen LogP contribution in [0.1, 0.15) is 20.7 Å². The normalized spacial score (nSPS) is 13.2. The Bertz CT molecular complexity index is 1190. The quantitative estimate of drug-likeness (QED) is 0.261. The summed E-state index contributed by atoms with van der Waals surface area (Å²) in [6.07, 6.45) is 1.62. The lowest BCUT2D eigenvalue weighted by molar-refractivity contribution is 0.0664. The van der Waals surface area contributed by atoms with Crippen LogP contribution in [0.25, 0.3) is 10.9 Å². The molecule has 0 aliphatic carbocycles. The summed E-state index contributed by atoms with van der Waals surface area (Å²) in [5, 5.41) is 1.40. The summed E-state index contributed by atoms with van der Waals surface area (Å²) in [5.41, 5.74) is 1.18. The van der Waals surface area contributed by atoms with Gasteiger partial charge in [0.15, 0.2) is 5.16 Å². The minimum Gasteiger partial charge on any atom is -0.283 e. The van der Waals surface area contributed by atoms with Crippen molar-refractivity contribution >= 4 is 46.1 Å². The van der Waals surface area contributed by atoms with Crippen LogP contribution < -0.4 is 5.56 Å². The Hall–Kier alpha value is -2.90. The van der Waals surface area contributed by atoms with Gasteiger partial charge in [0.2, 0.25) is 0 Å². The molecule has 0 saturated heterocycles. The molecule has 6 nitrogen and oxygen atoms in total.